The van der Waals surface area contributed by atoms with Gasteiger partial charge in [0, 0.05) is 33.6 Å². The molecule has 0 aromatic heterocycles. The maximum atomic E-state index is 15.1. The van der Waals surface area contributed by atoms with E-state index in [0.29, 0.717) is 37.6 Å². The predicted octanol–water partition coefficient (Wildman–Crippen LogP) is 2.99. The number of anilines is 2. The van der Waals surface area contributed by atoms with Crippen LogP contribution in [0.25, 0.3) is 0 Å². The van der Waals surface area contributed by atoms with Crippen LogP contribution >= 0.6 is 0 Å². The van der Waals surface area contributed by atoms with Crippen molar-refractivity contribution in [3.05, 3.63) is 59.9 Å². The van der Waals surface area contributed by atoms with Crippen molar-refractivity contribution in [2.45, 2.75) is 26.7 Å². The molecule has 198 valence electrons. The minimum absolute atomic E-state index is 0.0161. The van der Waals surface area contributed by atoms with Crippen LogP contribution in [0.4, 0.5) is 20.6 Å². The van der Waals surface area contributed by atoms with Crippen LogP contribution < -0.4 is 15.1 Å². The zero-order valence-corrected chi connectivity index (χ0v) is 21.4. The monoisotopic (exact) mass is 512 g/mol. The largest absolute Gasteiger partial charge is 0.423 e. The number of hydrogen-bond donors (Lipinski definition) is 1. The van der Waals surface area contributed by atoms with Crippen molar-refractivity contribution in [1.82, 2.24) is 10.2 Å². The summed E-state index contributed by atoms with van der Waals surface area (Å²) in [6.45, 7) is 5.69. The lowest BCUT2D eigenvalue weighted by atomic mass is 9.98. The van der Waals surface area contributed by atoms with Crippen LogP contribution in [0.15, 0.2) is 48.5 Å². The van der Waals surface area contributed by atoms with E-state index in [1.165, 1.54) is 22.8 Å². The lowest BCUT2D eigenvalue weighted by molar-refractivity contribution is -0.134. The number of nitrogens with zero attached hydrogens (tertiary/aromatic N) is 3. The van der Waals surface area contributed by atoms with Gasteiger partial charge in [-0.05, 0) is 35.6 Å². The summed E-state index contributed by atoms with van der Waals surface area (Å²) in [5, 5.41) is 2.93. The average Bonchev–Trinajstić information content (AvgIpc) is 3.44. The number of ether oxygens (including phenoxy) is 2. The van der Waals surface area contributed by atoms with Crippen LogP contribution in [0.1, 0.15) is 19.4 Å². The summed E-state index contributed by atoms with van der Waals surface area (Å²) in [5.41, 5.74) is 1.83. The lowest BCUT2D eigenvalue weighted by Crippen LogP contribution is -2.38. The van der Waals surface area contributed by atoms with Crippen LogP contribution in [0.5, 0.6) is 0 Å². The number of amides is 3. The van der Waals surface area contributed by atoms with E-state index in [0.717, 1.165) is 5.56 Å². The molecule has 2 aromatic carbocycles. The van der Waals surface area contributed by atoms with Crippen LogP contribution in [-0.2, 0) is 25.7 Å². The molecule has 10 heteroatoms. The Morgan fingerprint density at radius 2 is 1.92 bits per heavy atom. The number of nitrogens with one attached hydrogen (secondary N) is 1. The number of likely N-dealkylation sites (N-methyl/N-ethyl adjacent to an activating group) is 1. The number of cyclic esters (lactones) is 1. The third-order valence-corrected chi connectivity index (χ3v) is 6.98. The van der Waals surface area contributed by atoms with Gasteiger partial charge in [-0.2, -0.15) is 0 Å². The molecular weight excluding hydrogens is 479 g/mol. The van der Waals surface area contributed by atoms with E-state index in [-0.39, 0.29) is 36.8 Å². The van der Waals surface area contributed by atoms with Gasteiger partial charge in [-0.3, -0.25) is 14.5 Å². The number of carbonyl (C=O) groups excluding carboxylic acids is 3. The first kappa shape index (κ1) is 26.4. The molecule has 2 aromatic rings. The van der Waals surface area contributed by atoms with E-state index < -0.39 is 18.1 Å². The summed E-state index contributed by atoms with van der Waals surface area (Å²) in [6.07, 6.45) is -1.34. The molecule has 2 aliphatic heterocycles. The van der Waals surface area contributed by atoms with E-state index in [4.69, 9.17) is 9.47 Å². The molecule has 9 nitrogen and oxygen atoms in total. The van der Waals surface area contributed by atoms with Gasteiger partial charge in [0.25, 0.3) is 0 Å². The Labute approximate surface area is 216 Å². The molecule has 2 heterocycles. The van der Waals surface area contributed by atoms with E-state index in [9.17, 15) is 14.4 Å². The Morgan fingerprint density at radius 3 is 2.62 bits per heavy atom. The van der Waals surface area contributed by atoms with E-state index in [1.807, 2.05) is 35.2 Å². The Bertz CT molecular complexity index is 1130. The van der Waals surface area contributed by atoms with E-state index >= 15 is 4.39 Å². The quantitative estimate of drug-likeness (QED) is 0.556. The molecule has 4 rings (SSSR count). The van der Waals surface area contributed by atoms with Gasteiger partial charge in [0.15, 0.2) is 6.23 Å². The molecule has 2 fully saturated rings. The highest BCUT2D eigenvalue weighted by atomic mass is 19.1. The molecule has 2 aliphatic rings. The zero-order chi connectivity index (χ0) is 26.5. The van der Waals surface area contributed by atoms with Crippen molar-refractivity contribution in [2.24, 2.45) is 11.8 Å². The van der Waals surface area contributed by atoms with Gasteiger partial charge >= 0.3 is 6.09 Å². The number of hydrogen-bond acceptors (Lipinski definition) is 6. The van der Waals surface area contributed by atoms with Crippen LogP contribution in [-0.4, -0.2) is 68.9 Å². The molecule has 0 bridgehead atoms. The normalized spacial score (nSPS) is 21.2. The topological polar surface area (TPSA) is 91.4 Å². The van der Waals surface area contributed by atoms with Crippen molar-refractivity contribution in [1.29, 1.82) is 0 Å². The molecule has 1 N–H and O–H groups in total. The Hall–Kier alpha value is -3.66. The van der Waals surface area contributed by atoms with Crippen molar-refractivity contribution >= 4 is 29.3 Å². The number of halogens is 1. The summed E-state index contributed by atoms with van der Waals surface area (Å²) in [7, 11) is 1.55. The molecule has 3 atom stereocenters. The zero-order valence-electron chi connectivity index (χ0n) is 21.4. The Kier molecular flexibility index (Phi) is 8.27. The second-order valence-corrected chi connectivity index (χ2v) is 9.64. The standard InChI is InChI=1S/C27H33FN4O5/c1-18-13-31(14-21(18)12-29-25(34)17-36-16-20-7-5-4-6-8-20)24-10-9-22(11-23(24)28)32-15-26(37-27(32)35)30(3)19(2)33/h4-11,18,21,26H,12-17H2,1-3H3,(H,29,34)/t18-,21-,26?/m1/s1. The summed E-state index contributed by atoms with van der Waals surface area (Å²) in [4.78, 5) is 40.7. The third-order valence-electron chi connectivity index (χ3n) is 6.98. The van der Waals surface area contributed by atoms with Crippen molar-refractivity contribution in [3.8, 4) is 0 Å². The van der Waals surface area contributed by atoms with E-state index in [2.05, 4.69) is 12.2 Å². The highest BCUT2D eigenvalue weighted by Crippen LogP contribution is 2.33. The van der Waals surface area contributed by atoms with Gasteiger partial charge in [-0.1, -0.05) is 37.3 Å². The maximum absolute atomic E-state index is 15.1. The first-order valence-electron chi connectivity index (χ1n) is 12.4. The summed E-state index contributed by atoms with van der Waals surface area (Å²) >= 11 is 0. The number of benzene rings is 2. The predicted molar refractivity (Wildman–Crippen MR) is 136 cm³/mol. The number of carbonyl (C=O) groups is 3. The molecule has 0 radical (unpaired) electrons. The molecule has 1 unspecified atom stereocenters. The van der Waals surface area contributed by atoms with Crippen molar-refractivity contribution in [2.75, 3.05) is 49.6 Å². The SMILES string of the molecule is CC(=O)N(C)C1CN(c2ccc(N3C[C@@H](CNC(=O)COCc4ccccc4)[C@H](C)C3)c(F)c2)C(=O)O1. The first-order valence-corrected chi connectivity index (χ1v) is 12.4. The third kappa shape index (κ3) is 6.37. The van der Waals surface area contributed by atoms with Gasteiger partial charge in [-0.25, -0.2) is 9.18 Å². The maximum Gasteiger partial charge on any atom is 0.416 e. The van der Waals surface area contributed by atoms with Crippen LogP contribution in [0.2, 0.25) is 0 Å². The smallest absolute Gasteiger partial charge is 0.416 e. The highest BCUT2D eigenvalue weighted by molar-refractivity contribution is 5.90. The molecule has 0 spiro atoms. The fraction of sp³-hybridized carbons (Fsp3) is 0.444. The average molecular weight is 513 g/mol. The van der Waals surface area contributed by atoms with Crippen molar-refractivity contribution < 1.29 is 28.2 Å². The van der Waals surface area contributed by atoms with Gasteiger partial charge in [0.1, 0.15) is 12.4 Å². The Morgan fingerprint density at radius 1 is 1.16 bits per heavy atom. The van der Waals surface area contributed by atoms with Gasteiger partial charge in [-0.15, -0.1) is 0 Å². The molecule has 3 amide bonds. The molecular formula is C27H33FN4O5. The second kappa shape index (κ2) is 11.6. The molecule has 0 saturated carbocycles. The van der Waals surface area contributed by atoms with Crippen LogP contribution in [0.3, 0.4) is 0 Å². The minimum Gasteiger partial charge on any atom is -0.423 e. The fourth-order valence-electron chi connectivity index (χ4n) is 4.61. The molecule has 2 saturated heterocycles. The Balaban J connectivity index is 1.28. The number of rotatable bonds is 9. The molecule has 37 heavy (non-hydrogen) atoms. The first-order chi connectivity index (χ1) is 17.7. The van der Waals surface area contributed by atoms with Crippen molar-refractivity contribution in [3.63, 3.8) is 0 Å². The lowest BCUT2D eigenvalue weighted by Gasteiger charge is -2.22. The second-order valence-electron chi connectivity index (χ2n) is 9.64. The van der Waals surface area contributed by atoms with Gasteiger partial charge in [0.05, 0.1) is 24.5 Å². The summed E-state index contributed by atoms with van der Waals surface area (Å²) in [6, 6.07) is 14.3. The van der Waals surface area contributed by atoms with E-state index in [1.54, 1.807) is 19.2 Å². The van der Waals surface area contributed by atoms with Crippen LogP contribution in [0, 0.1) is 17.7 Å². The fourth-order valence-corrected chi connectivity index (χ4v) is 4.61. The molecule has 0 aliphatic carbocycles. The van der Waals surface area contributed by atoms with Gasteiger partial charge < -0.3 is 24.6 Å². The van der Waals surface area contributed by atoms with Gasteiger partial charge in [0.2, 0.25) is 11.8 Å². The summed E-state index contributed by atoms with van der Waals surface area (Å²) in [5.74, 6) is -0.437. The minimum atomic E-state index is -0.716. The highest BCUT2D eigenvalue weighted by Gasteiger charge is 2.37. The summed E-state index contributed by atoms with van der Waals surface area (Å²) < 4.78 is 25.9.